The van der Waals surface area contributed by atoms with Crippen molar-refractivity contribution in [3.8, 4) is 5.69 Å². The Bertz CT molecular complexity index is 615. The Kier molecular flexibility index (Phi) is 6.57. The first-order valence-corrected chi connectivity index (χ1v) is 7.78. The summed E-state index contributed by atoms with van der Waals surface area (Å²) in [5.74, 6) is -0.130. The van der Waals surface area contributed by atoms with Crippen molar-refractivity contribution in [2.75, 3.05) is 33.4 Å². The Labute approximate surface area is 138 Å². The molecular formula is C15H19BrN4O2. The van der Waals surface area contributed by atoms with Gasteiger partial charge in [-0.05, 0) is 18.2 Å². The molecule has 1 aromatic carbocycles. The highest BCUT2D eigenvalue weighted by Crippen LogP contribution is 2.15. The van der Waals surface area contributed by atoms with E-state index in [0.29, 0.717) is 25.3 Å². The van der Waals surface area contributed by atoms with Gasteiger partial charge in [-0.15, -0.1) is 0 Å². The highest BCUT2D eigenvalue weighted by atomic mass is 79.9. The fourth-order valence-corrected chi connectivity index (χ4v) is 2.25. The van der Waals surface area contributed by atoms with Crippen molar-refractivity contribution in [2.45, 2.75) is 0 Å². The number of halogens is 1. The maximum Gasteiger partial charge on any atom is 0.254 e. The second-order valence-corrected chi connectivity index (χ2v) is 5.57. The number of carbonyl (C=O) groups excluding carboxylic acids is 1. The zero-order valence-electron chi connectivity index (χ0n) is 12.4. The van der Waals surface area contributed by atoms with Crippen LogP contribution in [0.15, 0.2) is 41.1 Å². The third-order valence-electron chi connectivity index (χ3n) is 2.99. The molecule has 0 saturated carbocycles. The van der Waals surface area contributed by atoms with Crippen LogP contribution in [0.25, 0.3) is 5.69 Å². The number of hydrogen-bond acceptors (Lipinski definition) is 4. The van der Waals surface area contributed by atoms with Gasteiger partial charge in [0.1, 0.15) is 0 Å². The maximum absolute atomic E-state index is 12.0. The number of hydrogen-bond donors (Lipinski definition) is 2. The first kappa shape index (κ1) is 16.7. The van der Waals surface area contributed by atoms with Gasteiger partial charge in [0.15, 0.2) is 0 Å². The number of nitrogens with one attached hydrogen (secondary N) is 2. The number of ether oxygens (including phenoxy) is 1. The predicted molar refractivity (Wildman–Crippen MR) is 88.3 cm³/mol. The standard InChI is InChI=1S/C15H19BrN4O2/c1-22-8-7-17-5-6-18-15(21)12-10-19-20(11-12)14-4-2-3-13(16)9-14/h2-4,9-11,17H,5-8H2,1H3,(H,18,21). The number of nitrogens with zero attached hydrogens (tertiary/aromatic N) is 2. The van der Waals surface area contributed by atoms with E-state index in [1.807, 2.05) is 24.3 Å². The minimum absolute atomic E-state index is 0.130. The summed E-state index contributed by atoms with van der Waals surface area (Å²) in [4.78, 5) is 12.0. The minimum Gasteiger partial charge on any atom is -0.383 e. The molecule has 0 aliphatic carbocycles. The molecule has 0 radical (unpaired) electrons. The largest absolute Gasteiger partial charge is 0.383 e. The molecule has 1 amide bonds. The quantitative estimate of drug-likeness (QED) is 0.696. The van der Waals surface area contributed by atoms with Crippen LogP contribution in [-0.4, -0.2) is 49.0 Å². The molecule has 2 aromatic rings. The Hall–Kier alpha value is -1.70. The summed E-state index contributed by atoms with van der Waals surface area (Å²) in [5.41, 5.74) is 1.44. The molecule has 6 nitrogen and oxygen atoms in total. The van der Waals surface area contributed by atoms with Crippen LogP contribution >= 0.6 is 15.9 Å². The third-order valence-corrected chi connectivity index (χ3v) is 3.48. The highest BCUT2D eigenvalue weighted by Gasteiger charge is 2.08. The van der Waals surface area contributed by atoms with E-state index in [1.54, 1.807) is 24.2 Å². The van der Waals surface area contributed by atoms with Gasteiger partial charge in [0.25, 0.3) is 5.91 Å². The van der Waals surface area contributed by atoms with Crippen LogP contribution in [-0.2, 0) is 4.74 Å². The molecule has 0 atom stereocenters. The van der Waals surface area contributed by atoms with Crippen molar-refractivity contribution in [1.82, 2.24) is 20.4 Å². The van der Waals surface area contributed by atoms with Crippen molar-refractivity contribution >= 4 is 21.8 Å². The molecule has 1 aromatic heterocycles. The number of aromatic nitrogens is 2. The Balaban J connectivity index is 1.84. The average Bonchev–Trinajstić information content (AvgIpc) is 3.00. The van der Waals surface area contributed by atoms with Gasteiger partial charge in [-0.25, -0.2) is 4.68 Å². The van der Waals surface area contributed by atoms with Crippen LogP contribution in [0.5, 0.6) is 0 Å². The zero-order chi connectivity index (χ0) is 15.8. The molecule has 0 saturated heterocycles. The molecule has 0 aliphatic heterocycles. The lowest BCUT2D eigenvalue weighted by molar-refractivity contribution is 0.0953. The van der Waals surface area contributed by atoms with Gasteiger partial charge < -0.3 is 15.4 Å². The molecule has 7 heteroatoms. The first-order chi connectivity index (χ1) is 10.7. The van der Waals surface area contributed by atoms with Gasteiger partial charge in [0, 0.05) is 37.4 Å². The van der Waals surface area contributed by atoms with E-state index in [-0.39, 0.29) is 5.91 Å². The van der Waals surface area contributed by atoms with Crippen molar-refractivity contribution in [3.63, 3.8) is 0 Å². The highest BCUT2D eigenvalue weighted by molar-refractivity contribution is 9.10. The summed E-state index contributed by atoms with van der Waals surface area (Å²) in [6, 6.07) is 7.73. The van der Waals surface area contributed by atoms with Gasteiger partial charge in [-0.3, -0.25) is 4.79 Å². The van der Waals surface area contributed by atoms with Crippen LogP contribution in [0, 0.1) is 0 Å². The van der Waals surface area contributed by atoms with Crippen molar-refractivity contribution in [2.24, 2.45) is 0 Å². The molecule has 0 bridgehead atoms. The molecule has 0 fully saturated rings. The van der Waals surface area contributed by atoms with Gasteiger partial charge in [0.2, 0.25) is 0 Å². The van der Waals surface area contributed by atoms with Crippen LogP contribution in [0.3, 0.4) is 0 Å². The van der Waals surface area contributed by atoms with Crippen molar-refractivity contribution < 1.29 is 9.53 Å². The van der Waals surface area contributed by atoms with E-state index in [0.717, 1.165) is 16.7 Å². The zero-order valence-corrected chi connectivity index (χ0v) is 14.0. The summed E-state index contributed by atoms with van der Waals surface area (Å²) < 4.78 is 7.57. The number of benzene rings is 1. The lowest BCUT2D eigenvalue weighted by atomic mass is 10.3. The summed E-state index contributed by atoms with van der Waals surface area (Å²) in [6.45, 7) is 2.69. The Morgan fingerprint density at radius 2 is 2.23 bits per heavy atom. The van der Waals surface area contributed by atoms with E-state index >= 15 is 0 Å². The second kappa shape index (κ2) is 8.67. The maximum atomic E-state index is 12.0. The van der Waals surface area contributed by atoms with E-state index < -0.39 is 0 Å². The van der Waals surface area contributed by atoms with Crippen molar-refractivity contribution in [1.29, 1.82) is 0 Å². The average molecular weight is 367 g/mol. The molecule has 2 rings (SSSR count). The molecule has 0 aliphatic rings. The first-order valence-electron chi connectivity index (χ1n) is 6.99. The predicted octanol–water partition coefficient (Wildman–Crippen LogP) is 1.60. The summed E-state index contributed by atoms with van der Waals surface area (Å²) >= 11 is 3.42. The fraction of sp³-hybridized carbons (Fsp3) is 0.333. The summed E-state index contributed by atoms with van der Waals surface area (Å²) in [5, 5.41) is 10.2. The lowest BCUT2D eigenvalue weighted by Crippen LogP contribution is -2.32. The van der Waals surface area contributed by atoms with E-state index in [2.05, 4.69) is 31.7 Å². The van der Waals surface area contributed by atoms with Crippen molar-refractivity contribution in [3.05, 3.63) is 46.7 Å². The number of amides is 1. The molecule has 0 unspecified atom stereocenters. The van der Waals surface area contributed by atoms with E-state index in [1.165, 1.54) is 0 Å². The summed E-state index contributed by atoms with van der Waals surface area (Å²) in [7, 11) is 1.66. The van der Waals surface area contributed by atoms with Crippen LogP contribution in [0.1, 0.15) is 10.4 Å². The Morgan fingerprint density at radius 3 is 3.00 bits per heavy atom. The van der Waals surface area contributed by atoms with Crippen LogP contribution < -0.4 is 10.6 Å². The van der Waals surface area contributed by atoms with Gasteiger partial charge in [-0.2, -0.15) is 5.10 Å². The Morgan fingerprint density at radius 1 is 1.36 bits per heavy atom. The number of methoxy groups -OCH3 is 1. The van der Waals surface area contributed by atoms with E-state index in [4.69, 9.17) is 4.74 Å². The molecule has 118 valence electrons. The molecule has 22 heavy (non-hydrogen) atoms. The van der Waals surface area contributed by atoms with Gasteiger partial charge in [0.05, 0.1) is 24.1 Å². The lowest BCUT2D eigenvalue weighted by Gasteiger charge is -2.05. The minimum atomic E-state index is -0.130. The fourth-order valence-electron chi connectivity index (χ4n) is 1.87. The second-order valence-electron chi connectivity index (χ2n) is 4.65. The molecule has 1 heterocycles. The van der Waals surface area contributed by atoms with E-state index in [9.17, 15) is 4.79 Å². The van der Waals surface area contributed by atoms with Crippen LogP contribution in [0.4, 0.5) is 0 Å². The third kappa shape index (κ3) is 4.94. The summed E-state index contributed by atoms with van der Waals surface area (Å²) in [6.07, 6.45) is 3.28. The monoisotopic (exact) mass is 366 g/mol. The topological polar surface area (TPSA) is 68.2 Å². The normalized spacial score (nSPS) is 10.6. The number of carbonyl (C=O) groups is 1. The van der Waals surface area contributed by atoms with Gasteiger partial charge in [-0.1, -0.05) is 22.0 Å². The molecule has 0 spiro atoms. The van der Waals surface area contributed by atoms with Gasteiger partial charge >= 0.3 is 0 Å². The smallest absolute Gasteiger partial charge is 0.254 e. The van der Waals surface area contributed by atoms with Crippen LogP contribution in [0.2, 0.25) is 0 Å². The molecule has 2 N–H and O–H groups in total. The number of rotatable bonds is 8. The SMILES string of the molecule is COCCNCCNC(=O)c1cnn(-c2cccc(Br)c2)c1. The molecular weight excluding hydrogens is 348 g/mol.